The van der Waals surface area contributed by atoms with Crippen LogP contribution in [-0.4, -0.2) is 38.6 Å². The average molecular weight is 416 g/mol. The molecule has 5 heteroatoms. The van der Waals surface area contributed by atoms with Gasteiger partial charge in [0.2, 0.25) is 0 Å². The van der Waals surface area contributed by atoms with Gasteiger partial charge in [-0.25, -0.2) is 5.01 Å². The number of para-hydroxylation sites is 2. The Morgan fingerprint density at radius 2 is 1.52 bits per heavy atom. The summed E-state index contributed by atoms with van der Waals surface area (Å²) in [5, 5.41) is 6.77. The van der Waals surface area contributed by atoms with Crippen molar-refractivity contribution in [1.29, 1.82) is 0 Å². The van der Waals surface area contributed by atoms with E-state index in [4.69, 9.17) is 14.6 Å². The Morgan fingerprint density at radius 3 is 2.06 bits per heavy atom. The summed E-state index contributed by atoms with van der Waals surface area (Å²) in [6, 6.07) is 26.6. The van der Waals surface area contributed by atoms with Crippen LogP contribution in [0.25, 0.3) is 0 Å². The molecule has 1 fully saturated rings. The summed E-state index contributed by atoms with van der Waals surface area (Å²) < 4.78 is 11.4. The van der Waals surface area contributed by atoms with Crippen molar-refractivity contribution < 1.29 is 9.47 Å². The van der Waals surface area contributed by atoms with Crippen molar-refractivity contribution in [2.75, 3.05) is 36.2 Å². The third kappa shape index (κ3) is 5.44. The number of nitrogens with zero attached hydrogens (tertiary/aromatic N) is 3. The first-order valence-electron chi connectivity index (χ1n) is 10.9. The quantitative estimate of drug-likeness (QED) is 0.250. The van der Waals surface area contributed by atoms with Crippen molar-refractivity contribution in [2.45, 2.75) is 20.0 Å². The molecule has 1 atom stereocenters. The summed E-state index contributed by atoms with van der Waals surface area (Å²) in [5.41, 5.74) is 4.09. The summed E-state index contributed by atoms with van der Waals surface area (Å²) in [5.74, 6) is 0.824. The molecule has 0 N–H and O–H groups in total. The predicted octanol–water partition coefficient (Wildman–Crippen LogP) is 5.48. The van der Waals surface area contributed by atoms with Crippen molar-refractivity contribution in [3.63, 3.8) is 0 Å². The van der Waals surface area contributed by atoms with E-state index in [1.807, 2.05) is 47.6 Å². The lowest BCUT2D eigenvalue weighted by Gasteiger charge is -2.22. The second-order valence-corrected chi connectivity index (χ2v) is 7.39. The molecular formula is C26H29N3O2. The number of hydrazone groups is 1. The molecule has 0 amide bonds. The first-order valence-corrected chi connectivity index (χ1v) is 10.9. The smallest absolute Gasteiger partial charge is 0.130 e. The van der Waals surface area contributed by atoms with Gasteiger partial charge in [0.15, 0.2) is 0 Å². The summed E-state index contributed by atoms with van der Waals surface area (Å²) in [7, 11) is 0. The zero-order valence-corrected chi connectivity index (χ0v) is 18.1. The van der Waals surface area contributed by atoms with Gasteiger partial charge in [0.05, 0.1) is 24.2 Å². The van der Waals surface area contributed by atoms with E-state index in [1.54, 1.807) is 0 Å². The Kier molecular flexibility index (Phi) is 6.85. The van der Waals surface area contributed by atoms with Gasteiger partial charge < -0.3 is 14.4 Å². The van der Waals surface area contributed by atoms with E-state index in [1.165, 1.54) is 0 Å². The van der Waals surface area contributed by atoms with Gasteiger partial charge in [-0.05, 0) is 50.2 Å². The highest BCUT2D eigenvalue weighted by Gasteiger charge is 2.23. The third-order valence-corrected chi connectivity index (χ3v) is 5.27. The van der Waals surface area contributed by atoms with E-state index in [0.717, 1.165) is 48.1 Å². The van der Waals surface area contributed by atoms with Crippen molar-refractivity contribution >= 4 is 23.3 Å². The van der Waals surface area contributed by atoms with Crippen LogP contribution < -0.4 is 14.6 Å². The topological polar surface area (TPSA) is 40.6 Å². The third-order valence-electron chi connectivity index (χ3n) is 5.27. The van der Waals surface area contributed by atoms with Crippen LogP contribution in [0.15, 0.2) is 84.0 Å². The minimum Gasteiger partial charge on any atom is -0.490 e. The van der Waals surface area contributed by atoms with Gasteiger partial charge in [-0.2, -0.15) is 5.10 Å². The van der Waals surface area contributed by atoms with Crippen LogP contribution in [0.2, 0.25) is 0 Å². The zero-order chi connectivity index (χ0) is 21.5. The number of ether oxygens (including phenoxy) is 2. The van der Waals surface area contributed by atoms with Gasteiger partial charge in [-0.1, -0.05) is 36.4 Å². The molecule has 1 saturated heterocycles. The number of hydrogen-bond donors (Lipinski definition) is 0. The molecule has 0 aromatic heterocycles. The van der Waals surface area contributed by atoms with Crippen molar-refractivity contribution in [2.24, 2.45) is 5.10 Å². The second-order valence-electron chi connectivity index (χ2n) is 7.39. The lowest BCUT2D eigenvalue weighted by atomic mass is 10.1. The maximum absolute atomic E-state index is 6.12. The molecule has 31 heavy (non-hydrogen) atoms. The lowest BCUT2D eigenvalue weighted by molar-refractivity contribution is 0.263. The van der Waals surface area contributed by atoms with Gasteiger partial charge in [0.1, 0.15) is 18.5 Å². The first kappa shape index (κ1) is 20.9. The Morgan fingerprint density at radius 1 is 0.903 bits per heavy atom. The molecular weight excluding hydrogens is 386 g/mol. The summed E-state index contributed by atoms with van der Waals surface area (Å²) in [4.78, 5) is 2.31. The molecule has 1 aliphatic rings. The van der Waals surface area contributed by atoms with E-state index in [2.05, 4.69) is 61.2 Å². The van der Waals surface area contributed by atoms with Gasteiger partial charge in [-0.3, -0.25) is 0 Å². The fourth-order valence-electron chi connectivity index (χ4n) is 3.43. The summed E-state index contributed by atoms with van der Waals surface area (Å²) in [6.07, 6.45) is 2.07. The maximum Gasteiger partial charge on any atom is 0.130 e. The van der Waals surface area contributed by atoms with Crippen LogP contribution in [0, 0.1) is 0 Å². The average Bonchev–Trinajstić information content (AvgIpc) is 3.65. The molecule has 0 spiro atoms. The van der Waals surface area contributed by atoms with E-state index in [0.29, 0.717) is 6.61 Å². The molecule has 4 rings (SSSR count). The SMILES string of the molecule is CCN(CC)c1ccc(/C=N/N(c2ccccc2)c2ccccc2)c(OCC2CO2)c1. The van der Waals surface area contributed by atoms with Crippen molar-refractivity contribution in [1.82, 2.24) is 0 Å². The van der Waals surface area contributed by atoms with E-state index in [9.17, 15) is 0 Å². The molecule has 0 aliphatic carbocycles. The van der Waals surface area contributed by atoms with Crippen LogP contribution in [0.5, 0.6) is 5.75 Å². The minimum atomic E-state index is 0.201. The molecule has 0 bridgehead atoms. The molecule has 0 saturated carbocycles. The van der Waals surface area contributed by atoms with Crippen LogP contribution >= 0.6 is 0 Å². The highest BCUT2D eigenvalue weighted by Crippen LogP contribution is 2.28. The minimum absolute atomic E-state index is 0.201. The van der Waals surface area contributed by atoms with Gasteiger partial charge in [0, 0.05) is 30.4 Å². The Bertz CT molecular complexity index is 945. The van der Waals surface area contributed by atoms with Crippen molar-refractivity contribution in [3.05, 3.63) is 84.4 Å². The number of rotatable bonds is 10. The maximum atomic E-state index is 6.12. The molecule has 1 unspecified atom stereocenters. The molecule has 1 aliphatic heterocycles. The monoisotopic (exact) mass is 415 g/mol. The summed E-state index contributed by atoms with van der Waals surface area (Å²) in [6.45, 7) is 7.55. The Hall–Kier alpha value is -3.31. The molecule has 1 heterocycles. The van der Waals surface area contributed by atoms with E-state index in [-0.39, 0.29) is 6.10 Å². The normalized spacial score (nSPS) is 15.1. The second kappa shape index (κ2) is 10.1. The van der Waals surface area contributed by atoms with E-state index < -0.39 is 0 Å². The molecule has 160 valence electrons. The molecule has 0 radical (unpaired) electrons. The number of benzene rings is 3. The van der Waals surface area contributed by atoms with Crippen LogP contribution in [0.1, 0.15) is 19.4 Å². The first-order chi connectivity index (χ1) is 15.3. The molecule has 3 aromatic rings. The van der Waals surface area contributed by atoms with Crippen molar-refractivity contribution in [3.8, 4) is 5.75 Å². The van der Waals surface area contributed by atoms with Crippen LogP contribution in [-0.2, 0) is 4.74 Å². The van der Waals surface area contributed by atoms with Gasteiger partial charge in [-0.15, -0.1) is 0 Å². The molecule has 5 nitrogen and oxygen atoms in total. The lowest BCUT2D eigenvalue weighted by Crippen LogP contribution is -2.22. The van der Waals surface area contributed by atoms with Gasteiger partial charge in [0.25, 0.3) is 0 Å². The van der Waals surface area contributed by atoms with Crippen LogP contribution in [0.4, 0.5) is 17.1 Å². The predicted molar refractivity (Wildman–Crippen MR) is 128 cm³/mol. The fraction of sp³-hybridized carbons (Fsp3) is 0.269. The Labute approximate surface area is 184 Å². The highest BCUT2D eigenvalue weighted by atomic mass is 16.6. The number of epoxide rings is 1. The van der Waals surface area contributed by atoms with Crippen LogP contribution in [0.3, 0.4) is 0 Å². The summed E-state index contributed by atoms with van der Waals surface area (Å²) >= 11 is 0. The van der Waals surface area contributed by atoms with Gasteiger partial charge >= 0.3 is 0 Å². The Balaban J connectivity index is 1.66. The van der Waals surface area contributed by atoms with E-state index >= 15 is 0 Å². The fourth-order valence-corrected chi connectivity index (χ4v) is 3.43. The number of anilines is 3. The highest BCUT2D eigenvalue weighted by molar-refractivity contribution is 5.86. The zero-order valence-electron chi connectivity index (χ0n) is 18.1. The largest absolute Gasteiger partial charge is 0.490 e. The number of hydrogen-bond acceptors (Lipinski definition) is 5. The standard InChI is InChI=1S/C26H29N3O2/c1-3-28(4-2)24-16-15-21(26(17-24)31-20-25-19-30-25)18-27-29(22-11-7-5-8-12-22)23-13-9-6-10-14-23/h5-18,25H,3-4,19-20H2,1-2H3/b27-18+. The molecule has 3 aromatic carbocycles.